The van der Waals surface area contributed by atoms with E-state index < -0.39 is 18.0 Å². The Morgan fingerprint density at radius 3 is 2.30 bits per heavy atom. The number of hydrogen-bond acceptors (Lipinski definition) is 3. The van der Waals surface area contributed by atoms with Crippen molar-refractivity contribution < 1.29 is 24.6 Å². The quantitative estimate of drug-likeness (QED) is 0.660. The van der Waals surface area contributed by atoms with Gasteiger partial charge in [-0.25, -0.2) is 4.79 Å². The average molecular weight is 279 g/mol. The molecule has 0 saturated heterocycles. The lowest BCUT2D eigenvalue weighted by molar-refractivity contribution is -0.142. The summed E-state index contributed by atoms with van der Waals surface area (Å²) in [6, 6.07) is 7.92. The largest absolute Gasteiger partial charge is 0.481 e. The van der Waals surface area contributed by atoms with E-state index in [9.17, 15) is 14.4 Å². The van der Waals surface area contributed by atoms with E-state index in [2.05, 4.69) is 5.32 Å². The first-order valence-corrected chi connectivity index (χ1v) is 6.27. The second-order valence-electron chi connectivity index (χ2n) is 4.41. The molecule has 0 unspecified atom stereocenters. The lowest BCUT2D eigenvalue weighted by Crippen LogP contribution is -2.41. The molecule has 0 aliphatic rings. The van der Waals surface area contributed by atoms with E-state index in [1.165, 1.54) is 0 Å². The Bertz CT molecular complexity index is 472. The lowest BCUT2D eigenvalue weighted by Gasteiger charge is -2.14. The van der Waals surface area contributed by atoms with Gasteiger partial charge in [0.25, 0.3) is 0 Å². The summed E-state index contributed by atoms with van der Waals surface area (Å²) >= 11 is 0. The Morgan fingerprint density at radius 2 is 1.75 bits per heavy atom. The first-order chi connectivity index (χ1) is 9.49. The van der Waals surface area contributed by atoms with Crippen molar-refractivity contribution in [2.75, 3.05) is 0 Å². The molecule has 0 radical (unpaired) electrons. The summed E-state index contributed by atoms with van der Waals surface area (Å²) in [5.41, 5.74) is 0.791. The Kier molecular flexibility index (Phi) is 6.22. The van der Waals surface area contributed by atoms with Crippen LogP contribution in [-0.2, 0) is 20.8 Å². The third kappa shape index (κ3) is 5.99. The maximum atomic E-state index is 11.7. The molecule has 3 N–H and O–H groups in total. The minimum absolute atomic E-state index is 0.0994. The van der Waals surface area contributed by atoms with Gasteiger partial charge in [0, 0.05) is 6.42 Å². The number of carbonyl (C=O) groups is 3. The summed E-state index contributed by atoms with van der Waals surface area (Å²) < 4.78 is 0. The Hall–Kier alpha value is -2.37. The van der Waals surface area contributed by atoms with Gasteiger partial charge >= 0.3 is 11.9 Å². The maximum absolute atomic E-state index is 11.7. The monoisotopic (exact) mass is 279 g/mol. The molecule has 0 aliphatic carbocycles. The topological polar surface area (TPSA) is 104 Å². The van der Waals surface area contributed by atoms with E-state index >= 15 is 0 Å². The van der Waals surface area contributed by atoms with E-state index in [0.717, 1.165) is 5.56 Å². The molecule has 1 aromatic rings. The number of carboxylic acid groups (broad SMARTS) is 2. The molecule has 20 heavy (non-hydrogen) atoms. The Morgan fingerprint density at radius 1 is 1.10 bits per heavy atom. The summed E-state index contributed by atoms with van der Waals surface area (Å²) in [6.45, 7) is 0. The minimum Gasteiger partial charge on any atom is -0.481 e. The molecule has 108 valence electrons. The van der Waals surface area contributed by atoms with Gasteiger partial charge < -0.3 is 15.5 Å². The number of nitrogens with one attached hydrogen (secondary N) is 1. The summed E-state index contributed by atoms with van der Waals surface area (Å²) in [6.07, 6.45) is 0.294. The van der Waals surface area contributed by atoms with Crippen molar-refractivity contribution in [2.24, 2.45) is 0 Å². The number of amides is 1. The predicted molar refractivity (Wildman–Crippen MR) is 71.2 cm³/mol. The van der Waals surface area contributed by atoms with Crippen LogP contribution < -0.4 is 5.32 Å². The van der Waals surface area contributed by atoms with Gasteiger partial charge in [-0.3, -0.25) is 9.59 Å². The number of hydrogen-bond donors (Lipinski definition) is 3. The van der Waals surface area contributed by atoms with E-state index in [0.29, 0.717) is 0 Å². The van der Waals surface area contributed by atoms with Crippen molar-refractivity contribution in [2.45, 2.75) is 31.7 Å². The van der Waals surface area contributed by atoms with Crippen LogP contribution in [0.1, 0.15) is 24.8 Å². The first-order valence-electron chi connectivity index (χ1n) is 6.27. The molecular formula is C14H17NO5. The smallest absolute Gasteiger partial charge is 0.326 e. The van der Waals surface area contributed by atoms with Crippen LogP contribution in [0.15, 0.2) is 30.3 Å². The fourth-order valence-corrected chi connectivity index (χ4v) is 1.74. The fraction of sp³-hybridized carbons (Fsp3) is 0.357. The van der Waals surface area contributed by atoms with Crippen LogP contribution in [0.5, 0.6) is 0 Å². The van der Waals surface area contributed by atoms with Crippen molar-refractivity contribution >= 4 is 17.8 Å². The summed E-state index contributed by atoms with van der Waals surface area (Å²) in [5, 5.41) is 19.9. The van der Waals surface area contributed by atoms with Crippen LogP contribution in [-0.4, -0.2) is 34.1 Å². The van der Waals surface area contributed by atoms with E-state index in [1.807, 2.05) is 6.07 Å². The van der Waals surface area contributed by atoms with Gasteiger partial charge in [0.1, 0.15) is 6.04 Å². The summed E-state index contributed by atoms with van der Waals surface area (Å²) in [5.74, 6) is -2.53. The standard InChI is InChI=1S/C14H17NO5/c16-12(9-10-5-2-1-3-6-10)15-11(14(19)20)7-4-8-13(17)18/h1-3,5-6,11H,4,7-9H2,(H,15,16)(H,17,18)(H,19,20)/t11-/m1/s1. The highest BCUT2D eigenvalue weighted by atomic mass is 16.4. The van der Waals surface area contributed by atoms with Crippen LogP contribution in [0.3, 0.4) is 0 Å². The summed E-state index contributed by atoms with van der Waals surface area (Å²) in [4.78, 5) is 33.1. The predicted octanol–water partition coefficient (Wildman–Crippen LogP) is 1.05. The highest BCUT2D eigenvalue weighted by molar-refractivity contribution is 5.84. The molecule has 0 saturated carbocycles. The van der Waals surface area contributed by atoms with Crippen molar-refractivity contribution in [3.8, 4) is 0 Å². The SMILES string of the molecule is O=C(O)CCC[C@@H](NC(=O)Cc1ccccc1)C(=O)O. The molecule has 0 heterocycles. The molecule has 0 spiro atoms. The number of carbonyl (C=O) groups excluding carboxylic acids is 1. The normalized spacial score (nSPS) is 11.6. The molecule has 0 aromatic heterocycles. The van der Waals surface area contributed by atoms with Crippen LogP contribution in [0, 0.1) is 0 Å². The molecule has 1 rings (SSSR count). The molecule has 1 atom stereocenters. The molecule has 6 heteroatoms. The van der Waals surface area contributed by atoms with Crippen LogP contribution in [0.4, 0.5) is 0 Å². The number of carboxylic acids is 2. The second kappa shape index (κ2) is 7.93. The van der Waals surface area contributed by atoms with Gasteiger partial charge in [-0.15, -0.1) is 0 Å². The van der Waals surface area contributed by atoms with Gasteiger partial charge in [-0.05, 0) is 18.4 Å². The number of rotatable bonds is 8. The van der Waals surface area contributed by atoms with Gasteiger partial charge in [-0.2, -0.15) is 0 Å². The van der Waals surface area contributed by atoms with Crippen molar-refractivity contribution in [1.82, 2.24) is 5.32 Å². The maximum Gasteiger partial charge on any atom is 0.326 e. The van der Waals surface area contributed by atoms with E-state index in [1.54, 1.807) is 24.3 Å². The zero-order valence-corrected chi connectivity index (χ0v) is 10.9. The molecular weight excluding hydrogens is 262 g/mol. The lowest BCUT2D eigenvalue weighted by atomic mass is 10.1. The third-order valence-electron chi connectivity index (χ3n) is 2.72. The van der Waals surface area contributed by atoms with E-state index in [4.69, 9.17) is 10.2 Å². The Balaban J connectivity index is 2.46. The average Bonchev–Trinajstić information content (AvgIpc) is 2.38. The molecule has 6 nitrogen and oxygen atoms in total. The number of aliphatic carboxylic acids is 2. The molecule has 1 amide bonds. The zero-order chi connectivity index (χ0) is 15.0. The third-order valence-corrected chi connectivity index (χ3v) is 2.72. The van der Waals surface area contributed by atoms with Crippen LogP contribution in [0.25, 0.3) is 0 Å². The minimum atomic E-state index is -1.16. The Labute approximate surface area is 116 Å². The van der Waals surface area contributed by atoms with Crippen molar-refractivity contribution in [3.63, 3.8) is 0 Å². The first kappa shape index (κ1) is 15.7. The van der Waals surface area contributed by atoms with E-state index in [-0.39, 0.29) is 31.6 Å². The molecule has 0 bridgehead atoms. The van der Waals surface area contributed by atoms with Crippen LogP contribution >= 0.6 is 0 Å². The zero-order valence-electron chi connectivity index (χ0n) is 10.9. The molecule has 0 fully saturated rings. The second-order valence-corrected chi connectivity index (χ2v) is 4.41. The highest BCUT2D eigenvalue weighted by Gasteiger charge is 2.19. The van der Waals surface area contributed by atoms with Crippen molar-refractivity contribution in [3.05, 3.63) is 35.9 Å². The van der Waals surface area contributed by atoms with Crippen molar-refractivity contribution in [1.29, 1.82) is 0 Å². The fourth-order valence-electron chi connectivity index (χ4n) is 1.74. The highest BCUT2D eigenvalue weighted by Crippen LogP contribution is 2.04. The van der Waals surface area contributed by atoms with Gasteiger partial charge in [0.05, 0.1) is 6.42 Å². The molecule has 1 aromatic carbocycles. The molecule has 0 aliphatic heterocycles. The van der Waals surface area contributed by atoms with Gasteiger partial charge in [0.2, 0.25) is 5.91 Å². The summed E-state index contributed by atoms with van der Waals surface area (Å²) in [7, 11) is 0. The van der Waals surface area contributed by atoms with Gasteiger partial charge in [-0.1, -0.05) is 30.3 Å². The van der Waals surface area contributed by atoms with Crippen LogP contribution in [0.2, 0.25) is 0 Å². The van der Waals surface area contributed by atoms with Gasteiger partial charge in [0.15, 0.2) is 0 Å². The number of benzene rings is 1.